The second-order valence-electron chi connectivity index (χ2n) is 7.22. The van der Waals surface area contributed by atoms with Gasteiger partial charge < -0.3 is 5.11 Å². The molecule has 1 saturated heterocycles. The van der Waals surface area contributed by atoms with Gasteiger partial charge in [0, 0.05) is 23.4 Å². The number of para-hydroxylation sites is 1. The van der Waals surface area contributed by atoms with Crippen LogP contribution >= 0.6 is 0 Å². The van der Waals surface area contributed by atoms with Crippen molar-refractivity contribution in [2.24, 2.45) is 0 Å². The quantitative estimate of drug-likeness (QED) is 0.222. The number of anilines is 1. The lowest BCUT2D eigenvalue weighted by molar-refractivity contribution is -0.384. The topological polar surface area (TPSA) is 101 Å². The van der Waals surface area contributed by atoms with E-state index >= 15 is 0 Å². The van der Waals surface area contributed by atoms with E-state index in [4.69, 9.17) is 0 Å². The summed E-state index contributed by atoms with van der Waals surface area (Å²) in [6, 6.07) is 20.2. The maximum absolute atomic E-state index is 13.0. The van der Waals surface area contributed by atoms with E-state index in [0.717, 1.165) is 5.56 Å². The van der Waals surface area contributed by atoms with Gasteiger partial charge in [0.25, 0.3) is 17.4 Å². The van der Waals surface area contributed by atoms with Crippen LogP contribution < -0.4 is 4.90 Å². The zero-order chi connectivity index (χ0) is 22.1. The van der Waals surface area contributed by atoms with Gasteiger partial charge in [0.15, 0.2) is 0 Å². The number of ketones is 1. The molecule has 7 nitrogen and oxygen atoms in total. The molecular weight excluding hydrogens is 396 g/mol. The Hall–Kier alpha value is -4.26. The highest BCUT2D eigenvalue weighted by Gasteiger charge is 2.47. The van der Waals surface area contributed by atoms with Crippen molar-refractivity contribution in [3.8, 4) is 0 Å². The summed E-state index contributed by atoms with van der Waals surface area (Å²) in [5.74, 6) is -1.98. The van der Waals surface area contributed by atoms with Gasteiger partial charge in [-0.1, -0.05) is 60.2 Å². The van der Waals surface area contributed by atoms with E-state index in [1.807, 2.05) is 6.92 Å². The zero-order valence-electron chi connectivity index (χ0n) is 16.6. The van der Waals surface area contributed by atoms with Crippen LogP contribution in [0.25, 0.3) is 5.76 Å². The lowest BCUT2D eigenvalue weighted by Gasteiger charge is -2.25. The third kappa shape index (κ3) is 3.57. The molecule has 1 atom stereocenters. The monoisotopic (exact) mass is 414 g/mol. The molecule has 0 unspecified atom stereocenters. The van der Waals surface area contributed by atoms with Crippen LogP contribution in [0.3, 0.4) is 0 Å². The van der Waals surface area contributed by atoms with E-state index in [-0.39, 0.29) is 17.0 Å². The fourth-order valence-corrected chi connectivity index (χ4v) is 3.68. The van der Waals surface area contributed by atoms with Crippen molar-refractivity contribution in [1.29, 1.82) is 0 Å². The number of aryl methyl sites for hydroxylation is 1. The molecule has 0 aliphatic carbocycles. The number of hydrogen-bond acceptors (Lipinski definition) is 5. The fraction of sp³-hybridized carbons (Fsp3) is 0.0833. The molecule has 3 aromatic carbocycles. The number of nitro benzene ring substituents is 1. The standard InChI is InChI=1S/C24H18N2O5/c1-15-10-12-16(13-11-15)22(27)20-21(17-6-5-9-19(14-17)26(30)31)25(24(29)23(20)28)18-7-3-2-4-8-18/h2-14,21,27H,1H3/t21-/m1/s1. The number of carbonyl (C=O) groups is 2. The highest BCUT2D eigenvalue weighted by Crippen LogP contribution is 2.42. The van der Waals surface area contributed by atoms with Crippen molar-refractivity contribution in [3.63, 3.8) is 0 Å². The first-order valence-corrected chi connectivity index (χ1v) is 9.56. The summed E-state index contributed by atoms with van der Waals surface area (Å²) in [4.78, 5) is 38.1. The molecule has 0 aromatic heterocycles. The molecule has 1 aliphatic rings. The summed E-state index contributed by atoms with van der Waals surface area (Å²) in [7, 11) is 0. The van der Waals surface area contributed by atoms with Crippen LogP contribution in [0.2, 0.25) is 0 Å². The Morgan fingerprint density at radius 2 is 1.65 bits per heavy atom. The summed E-state index contributed by atoms with van der Waals surface area (Å²) in [6.45, 7) is 1.89. The van der Waals surface area contributed by atoms with Crippen LogP contribution in [0.5, 0.6) is 0 Å². The van der Waals surface area contributed by atoms with Crippen LogP contribution in [-0.2, 0) is 9.59 Å². The van der Waals surface area contributed by atoms with Gasteiger partial charge in [0.1, 0.15) is 5.76 Å². The zero-order valence-corrected chi connectivity index (χ0v) is 16.6. The molecule has 0 bridgehead atoms. The Bertz CT molecular complexity index is 1220. The smallest absolute Gasteiger partial charge is 0.300 e. The van der Waals surface area contributed by atoms with Crippen molar-refractivity contribution in [1.82, 2.24) is 0 Å². The third-order valence-corrected chi connectivity index (χ3v) is 5.20. The van der Waals surface area contributed by atoms with Gasteiger partial charge in [0.05, 0.1) is 16.5 Å². The van der Waals surface area contributed by atoms with Gasteiger partial charge >= 0.3 is 0 Å². The number of rotatable bonds is 4. The van der Waals surface area contributed by atoms with Crippen LogP contribution in [0.15, 0.2) is 84.4 Å². The number of aliphatic hydroxyl groups excluding tert-OH is 1. The summed E-state index contributed by atoms with van der Waals surface area (Å²) in [5.41, 5.74) is 1.86. The molecule has 3 aromatic rings. The predicted molar refractivity (Wildman–Crippen MR) is 116 cm³/mol. The number of benzene rings is 3. The van der Waals surface area contributed by atoms with Crippen molar-refractivity contribution >= 4 is 28.8 Å². The summed E-state index contributed by atoms with van der Waals surface area (Å²) < 4.78 is 0. The second kappa shape index (κ2) is 7.87. The fourth-order valence-electron chi connectivity index (χ4n) is 3.68. The molecule has 154 valence electrons. The largest absolute Gasteiger partial charge is 0.507 e. The molecule has 1 heterocycles. The lowest BCUT2D eigenvalue weighted by atomic mass is 9.94. The first-order chi connectivity index (χ1) is 14.9. The van der Waals surface area contributed by atoms with Gasteiger partial charge in [-0.25, -0.2) is 0 Å². The minimum Gasteiger partial charge on any atom is -0.507 e. The number of nitrogens with zero attached hydrogens (tertiary/aromatic N) is 2. The van der Waals surface area contributed by atoms with E-state index in [1.165, 1.54) is 23.1 Å². The van der Waals surface area contributed by atoms with Crippen molar-refractivity contribution < 1.29 is 19.6 Å². The molecule has 1 amide bonds. The minimum atomic E-state index is -1.01. The molecule has 7 heteroatoms. The van der Waals surface area contributed by atoms with E-state index in [2.05, 4.69) is 0 Å². The lowest BCUT2D eigenvalue weighted by Crippen LogP contribution is -2.29. The van der Waals surface area contributed by atoms with Gasteiger partial charge in [-0.2, -0.15) is 0 Å². The Morgan fingerprint density at radius 1 is 0.968 bits per heavy atom. The van der Waals surface area contributed by atoms with Gasteiger partial charge in [0.2, 0.25) is 0 Å². The normalized spacial score (nSPS) is 17.7. The Kier molecular flexibility index (Phi) is 5.09. The molecule has 0 spiro atoms. The first kappa shape index (κ1) is 20.0. The van der Waals surface area contributed by atoms with Crippen LogP contribution in [0.1, 0.15) is 22.7 Å². The maximum atomic E-state index is 13.0. The molecule has 1 aliphatic heterocycles. The second-order valence-corrected chi connectivity index (χ2v) is 7.22. The number of hydrogen-bond donors (Lipinski definition) is 1. The van der Waals surface area contributed by atoms with Gasteiger partial charge in [-0.3, -0.25) is 24.6 Å². The highest BCUT2D eigenvalue weighted by atomic mass is 16.6. The predicted octanol–water partition coefficient (Wildman–Crippen LogP) is 4.53. The Morgan fingerprint density at radius 3 is 2.29 bits per heavy atom. The molecular formula is C24H18N2O5. The van der Waals surface area contributed by atoms with E-state index in [1.54, 1.807) is 60.7 Å². The van der Waals surface area contributed by atoms with Crippen LogP contribution in [0.4, 0.5) is 11.4 Å². The van der Waals surface area contributed by atoms with E-state index in [0.29, 0.717) is 16.8 Å². The molecule has 0 saturated carbocycles. The van der Waals surface area contributed by atoms with Crippen LogP contribution in [0, 0.1) is 17.0 Å². The van der Waals surface area contributed by atoms with Gasteiger partial charge in [-0.15, -0.1) is 0 Å². The number of non-ortho nitro benzene ring substituents is 1. The summed E-state index contributed by atoms with van der Waals surface area (Å²) in [5, 5.41) is 22.3. The van der Waals surface area contributed by atoms with Crippen molar-refractivity contribution in [2.45, 2.75) is 13.0 Å². The van der Waals surface area contributed by atoms with E-state index in [9.17, 15) is 24.8 Å². The summed E-state index contributed by atoms with van der Waals surface area (Å²) >= 11 is 0. The Labute approximate surface area is 178 Å². The van der Waals surface area contributed by atoms with Crippen molar-refractivity contribution in [3.05, 3.63) is 111 Å². The first-order valence-electron chi connectivity index (χ1n) is 9.56. The summed E-state index contributed by atoms with van der Waals surface area (Å²) in [6.07, 6.45) is 0. The average Bonchev–Trinajstić information content (AvgIpc) is 3.05. The molecule has 0 radical (unpaired) electrons. The number of nitro groups is 1. The average molecular weight is 414 g/mol. The van der Waals surface area contributed by atoms with Crippen LogP contribution in [-0.4, -0.2) is 21.7 Å². The molecule has 1 fully saturated rings. The third-order valence-electron chi connectivity index (χ3n) is 5.20. The van der Waals surface area contributed by atoms with Crippen molar-refractivity contribution in [2.75, 3.05) is 4.90 Å². The van der Waals surface area contributed by atoms with E-state index < -0.39 is 22.7 Å². The molecule has 4 rings (SSSR count). The SMILES string of the molecule is Cc1ccc(C(O)=C2C(=O)C(=O)N(c3ccccc3)[C@@H]2c2cccc([N+](=O)[O-])c2)cc1. The number of aliphatic hydroxyl groups is 1. The number of carbonyl (C=O) groups excluding carboxylic acids is 2. The molecule has 1 N–H and O–H groups in total. The molecule has 31 heavy (non-hydrogen) atoms. The maximum Gasteiger partial charge on any atom is 0.300 e. The highest BCUT2D eigenvalue weighted by molar-refractivity contribution is 6.51. The minimum absolute atomic E-state index is 0.113. The Balaban J connectivity index is 1.96. The number of amides is 1. The number of Topliss-reactive ketones (excluding diaryl/α,β-unsaturated/α-hetero) is 1. The van der Waals surface area contributed by atoms with Gasteiger partial charge in [-0.05, 0) is 24.6 Å².